The van der Waals surface area contributed by atoms with Crippen molar-refractivity contribution < 1.29 is 4.74 Å². The highest BCUT2D eigenvalue weighted by molar-refractivity contribution is 6.32. The summed E-state index contributed by atoms with van der Waals surface area (Å²) in [7, 11) is 1.81. The Morgan fingerprint density at radius 1 is 1.67 bits per heavy atom. The second-order valence-corrected chi connectivity index (χ2v) is 3.37. The summed E-state index contributed by atoms with van der Waals surface area (Å²) < 4.78 is 5.20. The van der Waals surface area contributed by atoms with Crippen molar-refractivity contribution in [3.63, 3.8) is 0 Å². The van der Waals surface area contributed by atoms with Gasteiger partial charge in [-0.25, -0.2) is 4.98 Å². The highest BCUT2D eigenvalue weighted by Crippen LogP contribution is 2.15. The summed E-state index contributed by atoms with van der Waals surface area (Å²) >= 11 is 5.81. The molecule has 1 heterocycles. The van der Waals surface area contributed by atoms with Crippen molar-refractivity contribution in [2.24, 2.45) is 0 Å². The topological polar surface area (TPSA) is 58.2 Å². The van der Waals surface area contributed by atoms with Crippen LogP contribution in [-0.2, 0) is 4.74 Å². The zero-order valence-corrected chi connectivity index (χ0v) is 9.54. The quantitative estimate of drug-likeness (QED) is 0.765. The minimum absolute atomic E-state index is 0.108. The van der Waals surface area contributed by atoms with E-state index in [0.717, 1.165) is 0 Å². The van der Waals surface area contributed by atoms with E-state index in [1.165, 1.54) is 6.33 Å². The molecule has 5 nitrogen and oxygen atoms in total. The molecule has 0 bridgehead atoms. The molecule has 0 aliphatic rings. The smallest absolute Gasteiger partial charge is 0.271 e. The maximum atomic E-state index is 11.2. The van der Waals surface area contributed by atoms with Crippen molar-refractivity contribution in [3.05, 3.63) is 21.7 Å². The zero-order valence-electron chi connectivity index (χ0n) is 8.79. The summed E-state index contributed by atoms with van der Waals surface area (Å²) in [5.74, 6) is 0.472. The average molecular weight is 232 g/mol. The first-order valence-corrected chi connectivity index (χ1v) is 5.06. The van der Waals surface area contributed by atoms with E-state index in [1.807, 2.05) is 14.0 Å². The summed E-state index contributed by atoms with van der Waals surface area (Å²) in [5.41, 5.74) is -0.329. The number of likely N-dealkylation sites (N-methyl/N-ethyl adjacent to an activating group) is 1. The number of ether oxygens (including phenoxy) is 1. The summed E-state index contributed by atoms with van der Waals surface area (Å²) in [5, 5.41) is 0.108. The Balaban J connectivity index is 2.69. The van der Waals surface area contributed by atoms with E-state index in [1.54, 1.807) is 4.90 Å². The average Bonchev–Trinajstić information content (AvgIpc) is 2.22. The molecule has 0 aliphatic heterocycles. The van der Waals surface area contributed by atoms with Crippen LogP contribution in [0.3, 0.4) is 0 Å². The lowest BCUT2D eigenvalue weighted by Gasteiger charge is -2.18. The van der Waals surface area contributed by atoms with Gasteiger partial charge in [-0.1, -0.05) is 11.6 Å². The van der Waals surface area contributed by atoms with Gasteiger partial charge >= 0.3 is 0 Å². The van der Waals surface area contributed by atoms with E-state index in [4.69, 9.17) is 16.3 Å². The zero-order chi connectivity index (χ0) is 11.3. The van der Waals surface area contributed by atoms with Crippen LogP contribution >= 0.6 is 11.6 Å². The molecular formula is C9H14ClN3O2. The molecule has 1 aromatic heterocycles. The minimum Gasteiger partial charge on any atom is -0.380 e. The summed E-state index contributed by atoms with van der Waals surface area (Å²) in [6.45, 7) is 3.82. The standard InChI is InChI=1S/C9H14ClN3O2/c1-3-15-5-4-13(2)8-7(10)9(14)12-6-11-8/h6H,3-5H2,1-2H3,(H,11,12,14). The Morgan fingerprint density at radius 3 is 3.07 bits per heavy atom. The molecule has 1 rings (SSSR count). The van der Waals surface area contributed by atoms with Gasteiger partial charge < -0.3 is 14.6 Å². The molecule has 0 aliphatic carbocycles. The highest BCUT2D eigenvalue weighted by Gasteiger charge is 2.09. The number of hydrogen-bond acceptors (Lipinski definition) is 4. The molecule has 0 fully saturated rings. The Labute approximate surface area is 93.0 Å². The first-order chi connectivity index (χ1) is 7.16. The SMILES string of the molecule is CCOCCN(C)c1nc[nH]c(=O)c1Cl. The minimum atomic E-state index is -0.329. The summed E-state index contributed by atoms with van der Waals surface area (Å²) in [4.78, 5) is 19.4. The maximum absolute atomic E-state index is 11.2. The van der Waals surface area contributed by atoms with E-state index in [-0.39, 0.29) is 10.6 Å². The molecule has 0 amide bonds. The van der Waals surface area contributed by atoms with Crippen LogP contribution in [0.2, 0.25) is 5.02 Å². The molecule has 84 valence electrons. The third-order valence-electron chi connectivity index (χ3n) is 1.91. The van der Waals surface area contributed by atoms with Crippen molar-refractivity contribution in [2.45, 2.75) is 6.92 Å². The maximum Gasteiger partial charge on any atom is 0.271 e. The van der Waals surface area contributed by atoms with Crippen molar-refractivity contribution in [2.75, 3.05) is 31.7 Å². The van der Waals surface area contributed by atoms with Gasteiger partial charge in [0.1, 0.15) is 5.02 Å². The largest absolute Gasteiger partial charge is 0.380 e. The Hall–Kier alpha value is -1.07. The van der Waals surface area contributed by atoms with Crippen LogP contribution in [0.5, 0.6) is 0 Å². The molecule has 0 radical (unpaired) electrons. The fourth-order valence-corrected chi connectivity index (χ4v) is 1.34. The van der Waals surface area contributed by atoms with E-state index < -0.39 is 0 Å². The second-order valence-electron chi connectivity index (χ2n) is 2.99. The van der Waals surface area contributed by atoms with E-state index in [0.29, 0.717) is 25.6 Å². The molecule has 1 aromatic rings. The van der Waals surface area contributed by atoms with Gasteiger partial charge in [-0.3, -0.25) is 4.79 Å². The molecule has 6 heteroatoms. The number of H-pyrrole nitrogens is 1. The molecule has 1 N–H and O–H groups in total. The number of aromatic amines is 1. The Bertz CT molecular complexity index is 367. The lowest BCUT2D eigenvalue weighted by Crippen LogP contribution is -2.26. The van der Waals surface area contributed by atoms with Gasteiger partial charge in [0.15, 0.2) is 5.82 Å². The summed E-state index contributed by atoms with van der Waals surface area (Å²) in [6, 6.07) is 0. The van der Waals surface area contributed by atoms with Gasteiger partial charge in [0.25, 0.3) is 5.56 Å². The molecule has 0 aromatic carbocycles. The fourth-order valence-electron chi connectivity index (χ4n) is 1.09. The number of aromatic nitrogens is 2. The fraction of sp³-hybridized carbons (Fsp3) is 0.556. The first-order valence-electron chi connectivity index (χ1n) is 4.69. The van der Waals surface area contributed by atoms with E-state index in [9.17, 15) is 4.79 Å². The normalized spacial score (nSPS) is 10.3. The third-order valence-corrected chi connectivity index (χ3v) is 2.26. The number of anilines is 1. The predicted octanol–water partition coefficient (Wildman–Crippen LogP) is 0.896. The highest BCUT2D eigenvalue weighted by atomic mass is 35.5. The molecule has 0 spiro atoms. The summed E-state index contributed by atoms with van der Waals surface area (Å²) in [6.07, 6.45) is 1.33. The molecular weight excluding hydrogens is 218 g/mol. The van der Waals surface area contributed by atoms with Crippen LogP contribution in [0, 0.1) is 0 Å². The van der Waals surface area contributed by atoms with Crippen LogP contribution in [0.4, 0.5) is 5.82 Å². The van der Waals surface area contributed by atoms with Gasteiger partial charge in [0.2, 0.25) is 0 Å². The Morgan fingerprint density at radius 2 is 2.40 bits per heavy atom. The van der Waals surface area contributed by atoms with Crippen molar-refractivity contribution >= 4 is 17.4 Å². The number of rotatable bonds is 5. The molecule has 0 saturated carbocycles. The van der Waals surface area contributed by atoms with Gasteiger partial charge in [0.05, 0.1) is 12.9 Å². The number of nitrogens with zero attached hydrogens (tertiary/aromatic N) is 2. The molecule has 0 saturated heterocycles. The lowest BCUT2D eigenvalue weighted by atomic mass is 10.5. The second kappa shape index (κ2) is 5.72. The van der Waals surface area contributed by atoms with Gasteiger partial charge in [-0.15, -0.1) is 0 Å². The first kappa shape index (κ1) is 12.0. The van der Waals surface area contributed by atoms with Crippen molar-refractivity contribution in [1.82, 2.24) is 9.97 Å². The van der Waals surface area contributed by atoms with Crippen molar-refractivity contribution in [3.8, 4) is 0 Å². The molecule has 15 heavy (non-hydrogen) atoms. The third kappa shape index (κ3) is 3.21. The van der Waals surface area contributed by atoms with Crippen LogP contribution in [0.15, 0.2) is 11.1 Å². The number of hydrogen-bond donors (Lipinski definition) is 1. The number of halogens is 1. The molecule has 0 atom stereocenters. The predicted molar refractivity (Wildman–Crippen MR) is 59.6 cm³/mol. The van der Waals surface area contributed by atoms with E-state index >= 15 is 0 Å². The lowest BCUT2D eigenvalue weighted by molar-refractivity contribution is 0.154. The number of nitrogens with one attached hydrogen (secondary N) is 1. The Kier molecular flexibility index (Phi) is 4.58. The van der Waals surface area contributed by atoms with Gasteiger partial charge in [-0.05, 0) is 6.92 Å². The van der Waals surface area contributed by atoms with E-state index in [2.05, 4.69) is 9.97 Å². The monoisotopic (exact) mass is 231 g/mol. The van der Waals surface area contributed by atoms with Crippen LogP contribution in [0.25, 0.3) is 0 Å². The van der Waals surface area contributed by atoms with Crippen LogP contribution in [-0.4, -0.2) is 36.8 Å². The van der Waals surface area contributed by atoms with Crippen LogP contribution < -0.4 is 10.5 Å². The van der Waals surface area contributed by atoms with Crippen LogP contribution in [0.1, 0.15) is 6.92 Å². The van der Waals surface area contributed by atoms with Crippen molar-refractivity contribution in [1.29, 1.82) is 0 Å². The van der Waals surface area contributed by atoms with Gasteiger partial charge in [-0.2, -0.15) is 0 Å². The van der Waals surface area contributed by atoms with Gasteiger partial charge in [0, 0.05) is 20.2 Å². The molecule has 0 unspecified atom stereocenters.